The van der Waals surface area contributed by atoms with Crippen LogP contribution in [0.5, 0.6) is 0 Å². The molecule has 0 radical (unpaired) electrons. The molecule has 1 fully saturated rings. The molecule has 0 spiro atoms. The van der Waals surface area contributed by atoms with Gasteiger partial charge in [-0.25, -0.2) is 4.39 Å². The third-order valence-electron chi connectivity index (χ3n) is 2.82. The Labute approximate surface area is 94.6 Å². The molecule has 0 aromatic heterocycles. The molecule has 1 atom stereocenters. The van der Waals surface area contributed by atoms with Gasteiger partial charge in [0.05, 0.1) is 0 Å². The Morgan fingerprint density at radius 1 is 1.53 bits per heavy atom. The van der Waals surface area contributed by atoms with E-state index in [0.717, 1.165) is 12.1 Å². The first-order valence-electron chi connectivity index (χ1n) is 5.40. The fourth-order valence-corrected chi connectivity index (χ4v) is 2.22. The molecule has 1 aliphatic rings. The Hall–Kier alpha value is -0.600. The average molecular weight is 228 g/mol. The van der Waals surface area contributed by atoms with E-state index >= 15 is 0 Å². The summed E-state index contributed by atoms with van der Waals surface area (Å²) in [5.41, 5.74) is 1.03. The van der Waals surface area contributed by atoms with E-state index in [9.17, 15) is 4.39 Å². The van der Waals surface area contributed by atoms with E-state index in [-0.39, 0.29) is 5.82 Å². The second kappa shape index (κ2) is 4.50. The molecule has 82 valence electrons. The van der Waals surface area contributed by atoms with Gasteiger partial charge in [-0.1, -0.05) is 24.6 Å². The summed E-state index contributed by atoms with van der Waals surface area (Å²) in [6.45, 7) is 2.99. The van der Waals surface area contributed by atoms with Crippen LogP contribution in [-0.4, -0.2) is 6.54 Å². The summed E-state index contributed by atoms with van der Waals surface area (Å²) < 4.78 is 12.9. The summed E-state index contributed by atoms with van der Waals surface area (Å²) in [6, 6.07) is 4.96. The van der Waals surface area contributed by atoms with Gasteiger partial charge in [0.2, 0.25) is 0 Å². The van der Waals surface area contributed by atoms with Crippen molar-refractivity contribution in [2.45, 2.75) is 25.8 Å². The Morgan fingerprint density at radius 2 is 2.27 bits per heavy atom. The van der Waals surface area contributed by atoms with Gasteiger partial charge < -0.3 is 5.32 Å². The molecule has 1 aromatic rings. The van der Waals surface area contributed by atoms with Crippen LogP contribution in [0.4, 0.5) is 4.39 Å². The van der Waals surface area contributed by atoms with Crippen molar-refractivity contribution in [3.8, 4) is 0 Å². The predicted octanol–water partition coefficient (Wildman–Crippen LogP) is 3.54. The smallest absolute Gasteiger partial charge is 0.124 e. The number of hydrogen-bond donors (Lipinski definition) is 1. The van der Waals surface area contributed by atoms with E-state index in [2.05, 4.69) is 12.2 Å². The first-order chi connectivity index (χ1) is 7.22. The van der Waals surface area contributed by atoms with Crippen LogP contribution in [0.15, 0.2) is 18.2 Å². The summed E-state index contributed by atoms with van der Waals surface area (Å²) >= 11 is 6.05. The van der Waals surface area contributed by atoms with Gasteiger partial charge in [0.25, 0.3) is 0 Å². The summed E-state index contributed by atoms with van der Waals surface area (Å²) in [7, 11) is 0. The zero-order chi connectivity index (χ0) is 10.8. The molecule has 3 heteroatoms. The van der Waals surface area contributed by atoms with E-state index in [4.69, 9.17) is 11.6 Å². The fourth-order valence-electron chi connectivity index (χ4n) is 1.93. The predicted molar refractivity (Wildman–Crippen MR) is 60.6 cm³/mol. The maximum Gasteiger partial charge on any atom is 0.124 e. The lowest BCUT2D eigenvalue weighted by Crippen LogP contribution is -2.22. The largest absolute Gasteiger partial charge is 0.310 e. The van der Waals surface area contributed by atoms with Crippen molar-refractivity contribution >= 4 is 11.6 Å². The van der Waals surface area contributed by atoms with E-state index in [1.807, 2.05) is 0 Å². The van der Waals surface area contributed by atoms with Gasteiger partial charge in [0, 0.05) is 11.1 Å². The summed E-state index contributed by atoms with van der Waals surface area (Å²) in [5, 5.41) is 3.95. The third kappa shape index (κ3) is 2.50. The molecule has 1 aliphatic carbocycles. The van der Waals surface area contributed by atoms with Crippen LogP contribution in [0, 0.1) is 11.7 Å². The monoisotopic (exact) mass is 227 g/mol. The second-order valence-electron chi connectivity index (χ2n) is 4.04. The number of nitrogens with one attached hydrogen (secondary N) is 1. The number of halogens is 2. The van der Waals surface area contributed by atoms with Crippen LogP contribution in [0.25, 0.3) is 0 Å². The lowest BCUT2D eigenvalue weighted by atomic mass is 10.0. The van der Waals surface area contributed by atoms with Crippen molar-refractivity contribution in [2.75, 3.05) is 6.54 Å². The molecule has 0 bridgehead atoms. The van der Waals surface area contributed by atoms with Crippen LogP contribution in [0.3, 0.4) is 0 Å². The highest BCUT2D eigenvalue weighted by Crippen LogP contribution is 2.42. The fraction of sp³-hybridized carbons (Fsp3) is 0.500. The van der Waals surface area contributed by atoms with Gasteiger partial charge in [-0.3, -0.25) is 0 Å². The van der Waals surface area contributed by atoms with Gasteiger partial charge in [0.1, 0.15) is 5.82 Å². The Kier molecular flexibility index (Phi) is 3.27. The zero-order valence-corrected chi connectivity index (χ0v) is 9.52. The second-order valence-corrected chi connectivity index (χ2v) is 4.45. The SMILES string of the molecule is CCNC(c1ccc(F)cc1Cl)C1CC1. The van der Waals surface area contributed by atoms with Crippen molar-refractivity contribution in [3.05, 3.63) is 34.6 Å². The van der Waals surface area contributed by atoms with Crippen LogP contribution < -0.4 is 5.32 Å². The minimum atomic E-state index is -0.269. The minimum Gasteiger partial charge on any atom is -0.310 e. The molecule has 15 heavy (non-hydrogen) atoms. The first-order valence-corrected chi connectivity index (χ1v) is 5.78. The van der Waals surface area contributed by atoms with Crippen LogP contribution in [-0.2, 0) is 0 Å². The quantitative estimate of drug-likeness (QED) is 0.830. The van der Waals surface area contributed by atoms with Crippen molar-refractivity contribution in [1.29, 1.82) is 0 Å². The van der Waals surface area contributed by atoms with Crippen LogP contribution >= 0.6 is 11.6 Å². The molecule has 1 saturated carbocycles. The molecular formula is C12H15ClFN. The van der Waals surface area contributed by atoms with Crippen LogP contribution in [0.1, 0.15) is 31.4 Å². The Bertz CT molecular complexity index is 349. The van der Waals surface area contributed by atoms with E-state index < -0.39 is 0 Å². The van der Waals surface area contributed by atoms with Gasteiger partial charge in [-0.05, 0) is 43.0 Å². The molecule has 0 saturated heterocycles. The third-order valence-corrected chi connectivity index (χ3v) is 3.14. The summed E-state index contributed by atoms with van der Waals surface area (Å²) in [5.74, 6) is 0.405. The van der Waals surface area contributed by atoms with E-state index in [1.165, 1.54) is 25.0 Å². The van der Waals surface area contributed by atoms with Gasteiger partial charge in [-0.2, -0.15) is 0 Å². The highest BCUT2D eigenvalue weighted by Gasteiger charge is 2.32. The molecule has 0 amide bonds. The summed E-state index contributed by atoms with van der Waals surface area (Å²) in [6.07, 6.45) is 2.48. The van der Waals surface area contributed by atoms with Crippen molar-refractivity contribution in [1.82, 2.24) is 5.32 Å². The van der Waals surface area contributed by atoms with Crippen molar-refractivity contribution in [2.24, 2.45) is 5.92 Å². The molecule has 2 rings (SSSR count). The molecular weight excluding hydrogens is 213 g/mol. The standard InChI is InChI=1S/C12H15ClFN/c1-2-15-12(8-3-4-8)10-6-5-9(14)7-11(10)13/h5-8,12,15H,2-4H2,1H3. The van der Waals surface area contributed by atoms with Crippen molar-refractivity contribution < 1.29 is 4.39 Å². The highest BCUT2D eigenvalue weighted by molar-refractivity contribution is 6.31. The molecule has 1 N–H and O–H groups in total. The number of rotatable bonds is 4. The topological polar surface area (TPSA) is 12.0 Å². The molecule has 1 unspecified atom stereocenters. The first kappa shape index (κ1) is 10.9. The number of benzene rings is 1. The normalized spacial score (nSPS) is 17.8. The molecule has 1 nitrogen and oxygen atoms in total. The molecule has 0 aliphatic heterocycles. The van der Waals surface area contributed by atoms with Gasteiger partial charge in [-0.15, -0.1) is 0 Å². The maximum absolute atomic E-state index is 12.9. The number of hydrogen-bond acceptors (Lipinski definition) is 1. The van der Waals surface area contributed by atoms with E-state index in [1.54, 1.807) is 6.07 Å². The van der Waals surface area contributed by atoms with Crippen LogP contribution in [0.2, 0.25) is 5.02 Å². The maximum atomic E-state index is 12.9. The molecule has 1 aromatic carbocycles. The average Bonchev–Trinajstić information content (AvgIpc) is 2.98. The lowest BCUT2D eigenvalue weighted by Gasteiger charge is -2.18. The zero-order valence-electron chi connectivity index (χ0n) is 8.76. The van der Waals surface area contributed by atoms with E-state index in [0.29, 0.717) is 17.0 Å². The van der Waals surface area contributed by atoms with Gasteiger partial charge in [0.15, 0.2) is 0 Å². The Balaban J connectivity index is 2.24. The summed E-state index contributed by atoms with van der Waals surface area (Å²) in [4.78, 5) is 0. The van der Waals surface area contributed by atoms with Crippen molar-refractivity contribution in [3.63, 3.8) is 0 Å². The Morgan fingerprint density at radius 3 is 2.80 bits per heavy atom. The van der Waals surface area contributed by atoms with Gasteiger partial charge >= 0.3 is 0 Å². The minimum absolute atomic E-state index is 0.269. The highest BCUT2D eigenvalue weighted by atomic mass is 35.5. The molecule has 0 heterocycles. The lowest BCUT2D eigenvalue weighted by molar-refractivity contribution is 0.495.